The maximum absolute atomic E-state index is 8.76. The molecular weight excluding hydrogens is 184 g/mol. The first-order valence-corrected chi connectivity index (χ1v) is 5.70. The quantitative estimate of drug-likeness (QED) is 0.602. The summed E-state index contributed by atoms with van der Waals surface area (Å²) in [4.78, 5) is 0. The van der Waals surface area contributed by atoms with E-state index < -0.39 is 0 Å². The highest BCUT2D eigenvalue weighted by Gasteiger charge is 2.04. The zero-order chi connectivity index (χ0) is 9.94. The molecule has 0 saturated heterocycles. The molecule has 13 heavy (non-hydrogen) atoms. The van der Waals surface area contributed by atoms with Crippen molar-refractivity contribution in [3.05, 3.63) is 0 Å². The van der Waals surface area contributed by atoms with E-state index in [1.807, 2.05) is 11.8 Å². The van der Waals surface area contributed by atoms with Crippen LogP contribution in [0.3, 0.4) is 0 Å². The molecule has 0 rings (SSSR count). The first kappa shape index (κ1) is 12.8. The minimum atomic E-state index is -0.0193. The summed E-state index contributed by atoms with van der Waals surface area (Å²) < 4.78 is 4.89. The Balaban J connectivity index is 3.36. The maximum Gasteiger partial charge on any atom is 0.0961 e. The van der Waals surface area contributed by atoms with Crippen LogP contribution in [0.4, 0.5) is 0 Å². The number of methoxy groups -OCH3 is 1. The smallest absolute Gasteiger partial charge is 0.0961 e. The van der Waals surface area contributed by atoms with Gasteiger partial charge in [0.1, 0.15) is 0 Å². The van der Waals surface area contributed by atoms with Crippen LogP contribution in [0.2, 0.25) is 0 Å². The third-order valence-corrected chi connectivity index (χ3v) is 2.54. The van der Waals surface area contributed by atoms with Gasteiger partial charge >= 0.3 is 0 Å². The fourth-order valence-corrected chi connectivity index (χ4v) is 1.58. The molecule has 0 bridgehead atoms. The fourth-order valence-electron chi connectivity index (χ4n) is 0.893. The molecule has 76 valence electrons. The van der Waals surface area contributed by atoms with Crippen LogP contribution in [-0.2, 0) is 4.74 Å². The van der Waals surface area contributed by atoms with E-state index in [9.17, 15) is 0 Å². The molecule has 0 amide bonds. The van der Waals surface area contributed by atoms with Gasteiger partial charge in [0.05, 0.1) is 18.7 Å². The average Bonchev–Trinajstić information content (AvgIpc) is 2.16. The van der Waals surface area contributed by atoms with Crippen molar-refractivity contribution in [2.24, 2.45) is 0 Å². The topological polar surface area (TPSA) is 45.0 Å². The minimum Gasteiger partial charge on any atom is -0.383 e. The Morgan fingerprint density at radius 1 is 1.62 bits per heavy atom. The Morgan fingerprint density at radius 2 is 2.38 bits per heavy atom. The van der Waals surface area contributed by atoms with Gasteiger partial charge in [-0.15, -0.1) is 0 Å². The molecule has 4 heteroatoms. The second-order valence-corrected chi connectivity index (χ2v) is 4.01. The second-order valence-electron chi connectivity index (χ2n) is 2.61. The predicted octanol–water partition coefficient (Wildman–Crippen LogP) is 1.26. The van der Waals surface area contributed by atoms with Crippen LogP contribution in [0.25, 0.3) is 0 Å². The third-order valence-electron chi connectivity index (χ3n) is 1.61. The van der Waals surface area contributed by atoms with Crippen molar-refractivity contribution >= 4 is 11.8 Å². The number of rotatable bonds is 8. The van der Waals surface area contributed by atoms with Crippen LogP contribution in [0.1, 0.15) is 13.3 Å². The van der Waals surface area contributed by atoms with Crippen molar-refractivity contribution in [1.82, 2.24) is 5.32 Å². The molecule has 0 heterocycles. The molecule has 0 aliphatic rings. The first-order chi connectivity index (χ1) is 6.35. The van der Waals surface area contributed by atoms with Gasteiger partial charge in [-0.25, -0.2) is 0 Å². The van der Waals surface area contributed by atoms with E-state index in [4.69, 9.17) is 10.00 Å². The molecule has 1 unspecified atom stereocenters. The molecule has 0 aromatic carbocycles. The number of nitrogens with zero attached hydrogens (tertiary/aromatic N) is 1. The molecule has 1 atom stereocenters. The zero-order valence-electron chi connectivity index (χ0n) is 8.38. The van der Waals surface area contributed by atoms with E-state index in [2.05, 4.69) is 18.3 Å². The Kier molecular flexibility index (Phi) is 9.66. The molecule has 0 radical (unpaired) electrons. The lowest BCUT2D eigenvalue weighted by Gasteiger charge is -2.09. The average molecular weight is 202 g/mol. The molecule has 1 N–H and O–H groups in total. The second kappa shape index (κ2) is 9.85. The van der Waals surface area contributed by atoms with Crippen LogP contribution >= 0.6 is 11.8 Å². The van der Waals surface area contributed by atoms with Gasteiger partial charge in [0.25, 0.3) is 0 Å². The minimum absolute atomic E-state index is 0.0193. The number of hydrogen-bond donors (Lipinski definition) is 1. The molecular formula is C9H18N2OS. The lowest BCUT2D eigenvalue weighted by Crippen LogP contribution is -2.31. The van der Waals surface area contributed by atoms with Gasteiger partial charge in [-0.05, 0) is 17.9 Å². The third kappa shape index (κ3) is 8.10. The van der Waals surface area contributed by atoms with E-state index in [0.29, 0.717) is 6.61 Å². The first-order valence-electron chi connectivity index (χ1n) is 4.54. The summed E-state index contributed by atoms with van der Waals surface area (Å²) in [5.41, 5.74) is 0. The maximum atomic E-state index is 8.76. The standard InChI is InChI=1S/C9H18N2OS/c1-3-13-7-4-9(8-10)11-5-6-12-2/h9,11H,3-7H2,1-2H3. The normalized spacial score (nSPS) is 12.4. The van der Waals surface area contributed by atoms with Gasteiger partial charge in [-0.2, -0.15) is 17.0 Å². The van der Waals surface area contributed by atoms with Crippen LogP contribution in [-0.4, -0.2) is 37.8 Å². The van der Waals surface area contributed by atoms with E-state index in [0.717, 1.165) is 24.5 Å². The van der Waals surface area contributed by atoms with E-state index in [1.54, 1.807) is 7.11 Å². The molecule has 0 fully saturated rings. The van der Waals surface area contributed by atoms with Crippen LogP contribution < -0.4 is 5.32 Å². The van der Waals surface area contributed by atoms with Gasteiger partial charge in [0.2, 0.25) is 0 Å². The fraction of sp³-hybridized carbons (Fsp3) is 0.889. The number of hydrogen-bond acceptors (Lipinski definition) is 4. The Hall–Kier alpha value is -0.240. The van der Waals surface area contributed by atoms with Crippen molar-refractivity contribution in [3.63, 3.8) is 0 Å². The van der Waals surface area contributed by atoms with Crippen molar-refractivity contribution < 1.29 is 4.74 Å². The van der Waals surface area contributed by atoms with Gasteiger partial charge in [-0.1, -0.05) is 6.92 Å². The van der Waals surface area contributed by atoms with Gasteiger partial charge in [0, 0.05) is 13.7 Å². The van der Waals surface area contributed by atoms with E-state index in [-0.39, 0.29) is 6.04 Å². The Morgan fingerprint density at radius 3 is 2.92 bits per heavy atom. The Bertz CT molecular complexity index is 137. The van der Waals surface area contributed by atoms with Crippen molar-refractivity contribution in [1.29, 1.82) is 5.26 Å². The summed E-state index contributed by atoms with van der Waals surface area (Å²) in [6.45, 7) is 3.55. The number of nitriles is 1. The van der Waals surface area contributed by atoms with Crippen LogP contribution in [0.15, 0.2) is 0 Å². The molecule has 0 aliphatic carbocycles. The van der Waals surface area contributed by atoms with Crippen LogP contribution in [0.5, 0.6) is 0 Å². The van der Waals surface area contributed by atoms with Crippen LogP contribution in [0, 0.1) is 11.3 Å². The summed E-state index contributed by atoms with van der Waals surface area (Å²) in [5, 5.41) is 11.9. The van der Waals surface area contributed by atoms with Gasteiger partial charge < -0.3 is 4.74 Å². The number of nitrogens with one attached hydrogen (secondary N) is 1. The molecule has 0 aliphatic heterocycles. The van der Waals surface area contributed by atoms with Gasteiger partial charge in [-0.3, -0.25) is 5.32 Å². The van der Waals surface area contributed by atoms with Crippen molar-refractivity contribution in [3.8, 4) is 6.07 Å². The lowest BCUT2D eigenvalue weighted by molar-refractivity contribution is 0.197. The highest BCUT2D eigenvalue weighted by Crippen LogP contribution is 2.03. The number of thioether (sulfide) groups is 1. The van der Waals surface area contributed by atoms with Gasteiger partial charge in [0.15, 0.2) is 0 Å². The van der Waals surface area contributed by atoms with Crippen molar-refractivity contribution in [2.75, 3.05) is 31.8 Å². The summed E-state index contributed by atoms with van der Waals surface area (Å²) in [5.74, 6) is 2.17. The largest absolute Gasteiger partial charge is 0.383 e. The number of ether oxygens (including phenoxy) is 1. The predicted molar refractivity (Wildman–Crippen MR) is 56.9 cm³/mol. The summed E-state index contributed by atoms with van der Waals surface area (Å²) in [7, 11) is 1.66. The molecule has 0 aromatic heterocycles. The molecule has 0 aromatic rings. The molecule has 0 saturated carbocycles. The summed E-state index contributed by atoms with van der Waals surface area (Å²) in [6, 6.07) is 2.22. The molecule has 0 spiro atoms. The monoisotopic (exact) mass is 202 g/mol. The lowest BCUT2D eigenvalue weighted by atomic mass is 10.2. The molecule has 3 nitrogen and oxygen atoms in total. The highest BCUT2D eigenvalue weighted by atomic mass is 32.2. The van der Waals surface area contributed by atoms with E-state index in [1.165, 1.54) is 0 Å². The summed E-state index contributed by atoms with van der Waals surface area (Å²) in [6.07, 6.45) is 0.915. The SMILES string of the molecule is CCSCCC(C#N)NCCOC. The highest BCUT2D eigenvalue weighted by molar-refractivity contribution is 7.99. The van der Waals surface area contributed by atoms with E-state index >= 15 is 0 Å². The zero-order valence-corrected chi connectivity index (χ0v) is 9.19. The summed E-state index contributed by atoms with van der Waals surface area (Å²) >= 11 is 1.87. The Labute approximate surface area is 84.8 Å². The van der Waals surface area contributed by atoms with Crippen molar-refractivity contribution in [2.45, 2.75) is 19.4 Å².